The molecule has 2 heterocycles. The van der Waals surface area contributed by atoms with Gasteiger partial charge in [-0.15, -0.1) is 0 Å². The van der Waals surface area contributed by atoms with E-state index in [1.54, 1.807) is 7.11 Å². The van der Waals surface area contributed by atoms with Crippen LogP contribution in [0.3, 0.4) is 0 Å². The molecule has 1 amide bonds. The summed E-state index contributed by atoms with van der Waals surface area (Å²) in [5.74, 6) is 0. The molecule has 0 spiro atoms. The first-order valence-corrected chi connectivity index (χ1v) is 13.8. The van der Waals surface area contributed by atoms with Crippen LogP contribution in [0.15, 0.2) is 18.3 Å². The van der Waals surface area contributed by atoms with Gasteiger partial charge >= 0.3 is 0 Å². The smallest absolute Gasteiger partial charge is 0.210 e. The fraction of sp³-hybridized carbons (Fsp3) is 0.786. The lowest BCUT2D eigenvalue weighted by Gasteiger charge is -2.27. The van der Waals surface area contributed by atoms with Crippen molar-refractivity contribution in [3.05, 3.63) is 29.6 Å². The van der Waals surface area contributed by atoms with Crippen LogP contribution in [0.25, 0.3) is 0 Å². The number of likely N-dealkylation sites (tertiary alicyclic amines) is 1. The molecule has 7 heteroatoms. The van der Waals surface area contributed by atoms with Crippen molar-refractivity contribution in [2.24, 2.45) is 0 Å². The third-order valence-electron chi connectivity index (χ3n) is 5.93. The van der Waals surface area contributed by atoms with Gasteiger partial charge in [0, 0.05) is 25.4 Å². The van der Waals surface area contributed by atoms with Gasteiger partial charge in [-0.3, -0.25) is 9.78 Å². The Balaban J connectivity index is 0.000000630. The summed E-state index contributed by atoms with van der Waals surface area (Å²) in [4.78, 5) is 16.8. The van der Waals surface area contributed by atoms with Crippen LogP contribution in [0.4, 0.5) is 0 Å². The van der Waals surface area contributed by atoms with E-state index in [0.29, 0.717) is 0 Å². The summed E-state index contributed by atoms with van der Waals surface area (Å²) >= 11 is 0. The molecule has 0 radical (unpaired) electrons. The minimum atomic E-state index is -1.08. The number of aromatic nitrogens is 1. The summed E-state index contributed by atoms with van der Waals surface area (Å²) in [6.07, 6.45) is 6.05. The zero-order valence-electron chi connectivity index (χ0n) is 24.7. The molecule has 6 nitrogen and oxygen atoms in total. The third-order valence-corrected chi connectivity index (χ3v) is 7.54. The summed E-state index contributed by atoms with van der Waals surface area (Å²) in [7, 11) is 0.628. The number of nitrogens with one attached hydrogen (secondary N) is 1. The summed E-state index contributed by atoms with van der Waals surface area (Å²) in [6.45, 7) is 25.7. The number of carbonyl (C=O) groups is 1. The number of pyridine rings is 1. The molecular formula is C28H53N3O3S. The molecule has 1 saturated heterocycles. The highest BCUT2D eigenvalue weighted by molar-refractivity contribution is 7.84. The highest BCUT2D eigenvalue weighted by Gasteiger charge is 2.30. The Morgan fingerprint density at radius 2 is 1.69 bits per heavy atom. The Morgan fingerprint density at radius 3 is 1.94 bits per heavy atom. The Bertz CT molecular complexity index is 773. The maximum atomic E-state index is 12.2. The second-order valence-electron chi connectivity index (χ2n) is 12.7. The van der Waals surface area contributed by atoms with Crippen LogP contribution in [0.2, 0.25) is 0 Å². The molecule has 0 saturated carbocycles. The van der Waals surface area contributed by atoms with Crippen molar-refractivity contribution in [2.45, 2.75) is 130 Å². The van der Waals surface area contributed by atoms with Gasteiger partial charge in [0.25, 0.3) is 0 Å². The van der Waals surface area contributed by atoms with E-state index in [1.165, 1.54) is 5.56 Å². The molecule has 2 rings (SSSR count). The predicted octanol–water partition coefficient (Wildman–Crippen LogP) is 6.33. The number of rotatable bonds is 5. The van der Waals surface area contributed by atoms with Crippen LogP contribution in [-0.2, 0) is 25.9 Å². The van der Waals surface area contributed by atoms with Gasteiger partial charge in [0.2, 0.25) is 6.41 Å². The highest BCUT2D eigenvalue weighted by atomic mass is 32.2. The fourth-order valence-electron chi connectivity index (χ4n) is 3.04. The van der Waals surface area contributed by atoms with Crippen LogP contribution in [0, 0.1) is 0 Å². The minimum Gasteiger partial charge on any atom is -0.379 e. The number of hydrogen-bond acceptors (Lipinski definition) is 4. The van der Waals surface area contributed by atoms with Gasteiger partial charge < -0.3 is 9.64 Å². The largest absolute Gasteiger partial charge is 0.379 e. The van der Waals surface area contributed by atoms with Gasteiger partial charge in [-0.2, -0.15) is 0 Å². The monoisotopic (exact) mass is 511 g/mol. The Hall–Kier alpha value is -1.31. The summed E-state index contributed by atoms with van der Waals surface area (Å²) in [5.41, 5.74) is 2.45. The normalized spacial score (nSPS) is 17.5. The van der Waals surface area contributed by atoms with Crippen molar-refractivity contribution in [1.82, 2.24) is 14.6 Å². The van der Waals surface area contributed by atoms with Crippen molar-refractivity contribution in [3.8, 4) is 0 Å². The van der Waals surface area contributed by atoms with Crippen LogP contribution in [-0.4, -0.2) is 50.0 Å². The lowest BCUT2D eigenvalue weighted by molar-refractivity contribution is -0.120. The summed E-state index contributed by atoms with van der Waals surface area (Å²) in [6, 6.07) is 4.19. The standard InChI is InChI=1S/C16H28N2OS.C7H13NO.C5H12O/c1-8-13(18-20(19)16(5,6)7)14-10-9-12(11-17-14)15(2,3)4;1-7(2)4-3-5-8(7)6-9;1-5(2,3)6-4/h9-11,13,18H,8H2,1-7H3;6H,3-5H2,1-2H3;1-4H3. The average Bonchev–Trinajstić information content (AvgIpc) is 3.09. The van der Waals surface area contributed by atoms with Crippen LogP contribution < -0.4 is 4.72 Å². The molecule has 204 valence electrons. The maximum Gasteiger partial charge on any atom is 0.210 e. The first-order valence-electron chi connectivity index (χ1n) is 12.7. The Labute approximate surface area is 218 Å². The number of carbonyl (C=O) groups excluding carboxylic acids is 1. The molecular weight excluding hydrogens is 458 g/mol. The lowest BCUT2D eigenvalue weighted by atomic mass is 9.88. The van der Waals surface area contributed by atoms with Crippen molar-refractivity contribution >= 4 is 17.4 Å². The second-order valence-corrected chi connectivity index (χ2v) is 14.7. The average molecular weight is 512 g/mol. The van der Waals surface area contributed by atoms with Crippen molar-refractivity contribution in [3.63, 3.8) is 0 Å². The van der Waals surface area contributed by atoms with E-state index in [0.717, 1.165) is 37.9 Å². The fourth-order valence-corrected chi connectivity index (χ4v) is 3.94. The van der Waals surface area contributed by atoms with Crippen LogP contribution >= 0.6 is 0 Å². The van der Waals surface area contributed by atoms with Gasteiger partial charge in [0.05, 0.1) is 33.1 Å². The number of nitrogens with zero attached hydrogens (tertiary/aromatic N) is 2. The van der Waals surface area contributed by atoms with Crippen LogP contribution in [0.1, 0.15) is 120 Å². The van der Waals surface area contributed by atoms with Crippen molar-refractivity contribution in [2.75, 3.05) is 13.7 Å². The van der Waals surface area contributed by atoms with Crippen LogP contribution in [0.5, 0.6) is 0 Å². The topological polar surface area (TPSA) is 71.5 Å². The lowest BCUT2D eigenvalue weighted by Crippen LogP contribution is -2.36. The van der Waals surface area contributed by atoms with E-state index in [4.69, 9.17) is 4.74 Å². The van der Waals surface area contributed by atoms with Gasteiger partial charge in [-0.05, 0) is 91.7 Å². The van der Waals surface area contributed by atoms with Crippen molar-refractivity contribution < 1.29 is 13.7 Å². The van der Waals surface area contributed by atoms with E-state index < -0.39 is 11.0 Å². The number of ether oxygens (including phenoxy) is 1. The molecule has 0 aliphatic carbocycles. The van der Waals surface area contributed by atoms with Crippen molar-refractivity contribution in [1.29, 1.82) is 0 Å². The van der Waals surface area contributed by atoms with Gasteiger partial charge in [-0.1, -0.05) is 33.8 Å². The summed E-state index contributed by atoms with van der Waals surface area (Å²) < 4.78 is 20.1. The minimum absolute atomic E-state index is 0.0316. The molecule has 2 unspecified atom stereocenters. The first-order chi connectivity index (χ1) is 15.8. The highest BCUT2D eigenvalue weighted by Crippen LogP contribution is 2.26. The quantitative estimate of drug-likeness (QED) is 0.469. The molecule has 0 aromatic carbocycles. The summed E-state index contributed by atoms with van der Waals surface area (Å²) in [5, 5.41) is 0. The Kier molecular flexibility index (Phi) is 13.3. The number of amides is 1. The van der Waals surface area contributed by atoms with E-state index in [1.807, 2.05) is 58.7 Å². The molecule has 2 atom stereocenters. The molecule has 35 heavy (non-hydrogen) atoms. The zero-order chi connectivity index (χ0) is 27.7. The molecule has 1 fully saturated rings. The predicted molar refractivity (Wildman–Crippen MR) is 150 cm³/mol. The molecule has 1 aliphatic rings. The van der Waals surface area contributed by atoms with Gasteiger partial charge in [0.1, 0.15) is 0 Å². The molecule has 1 aromatic rings. The van der Waals surface area contributed by atoms with E-state index in [2.05, 4.69) is 57.3 Å². The number of methoxy groups -OCH3 is 1. The third kappa shape index (κ3) is 13.0. The van der Waals surface area contributed by atoms with Gasteiger partial charge in [-0.25, -0.2) is 8.93 Å². The second kappa shape index (κ2) is 13.8. The first kappa shape index (κ1) is 33.7. The molecule has 1 N–H and O–H groups in total. The van der Waals surface area contributed by atoms with E-state index >= 15 is 0 Å². The van der Waals surface area contributed by atoms with Gasteiger partial charge in [0.15, 0.2) is 0 Å². The van der Waals surface area contributed by atoms with E-state index in [9.17, 15) is 9.00 Å². The SMILES string of the molecule is CC1(C)CCCN1C=O.CCC(NS(=O)C(C)(C)C)c1ccc(C(C)(C)C)cn1.COC(C)(C)C. The van der Waals surface area contributed by atoms with E-state index in [-0.39, 0.29) is 27.3 Å². The maximum absolute atomic E-state index is 12.2. The zero-order valence-corrected chi connectivity index (χ0v) is 25.6. The molecule has 1 aromatic heterocycles. The Morgan fingerprint density at radius 1 is 1.14 bits per heavy atom. The number of hydrogen-bond donors (Lipinski definition) is 1. The molecule has 0 bridgehead atoms. The molecule has 1 aliphatic heterocycles.